The van der Waals surface area contributed by atoms with E-state index in [4.69, 9.17) is 56.9 Å². The number of methoxy groups -OCH3 is 1. The Labute approximate surface area is 576 Å². The topological polar surface area (TPSA) is 226 Å². The highest BCUT2D eigenvalue weighted by atomic mass is 35.5. The Morgan fingerprint density at radius 2 is 1.03 bits per heavy atom. The Kier molecular flexibility index (Phi) is 20.0. The second-order valence-electron chi connectivity index (χ2n) is 30.5. The Hall–Kier alpha value is -7.05. The maximum atomic E-state index is 14.4. The van der Waals surface area contributed by atoms with Crippen LogP contribution in [-0.4, -0.2) is 144 Å². The van der Waals surface area contributed by atoms with Gasteiger partial charge in [0.1, 0.15) is 30.4 Å². The third-order valence-corrected chi connectivity index (χ3v) is 23.0. The molecule has 10 heterocycles. The number of aryl methyl sites for hydroxylation is 2. The first-order chi connectivity index (χ1) is 45.6. The summed E-state index contributed by atoms with van der Waals surface area (Å²) in [5.41, 5.74) is 2.36. The van der Waals surface area contributed by atoms with E-state index in [9.17, 15) is 28.0 Å². The Balaban J connectivity index is 0.000000197. The molecule has 12 rings (SSSR count). The van der Waals surface area contributed by atoms with Crippen LogP contribution in [0.15, 0.2) is 46.2 Å². The molecule has 97 heavy (non-hydrogen) atoms. The van der Waals surface area contributed by atoms with Gasteiger partial charge in [0.25, 0.3) is 17.5 Å². The largest absolute Gasteiger partial charge is 0.481 e. The summed E-state index contributed by atoms with van der Waals surface area (Å²) in [5, 5.41) is 17.3. The van der Waals surface area contributed by atoms with Gasteiger partial charge in [0.15, 0.2) is 11.3 Å². The number of alkyl carbamates (subject to hydrolysis) is 2. The van der Waals surface area contributed by atoms with Gasteiger partial charge in [-0.3, -0.25) is 23.4 Å². The van der Waals surface area contributed by atoms with Crippen molar-refractivity contribution in [2.75, 3.05) is 30.1 Å². The molecule has 0 aliphatic carbocycles. The van der Waals surface area contributed by atoms with E-state index in [1.165, 1.54) is 9.25 Å². The molecule has 6 atom stereocenters. The highest BCUT2D eigenvalue weighted by Crippen LogP contribution is 2.46. The number of fused-ring (bicyclic) bond motifs is 8. The van der Waals surface area contributed by atoms with E-state index in [-0.39, 0.29) is 83.5 Å². The second-order valence-corrected chi connectivity index (χ2v) is 42.5. The lowest BCUT2D eigenvalue weighted by atomic mass is 9.96. The number of ether oxygens (including phenoxy) is 5. The van der Waals surface area contributed by atoms with Crippen molar-refractivity contribution < 1.29 is 42.1 Å². The van der Waals surface area contributed by atoms with Crippen LogP contribution in [0.3, 0.4) is 0 Å². The van der Waals surface area contributed by atoms with E-state index in [1.807, 2.05) is 71.4 Å². The third-order valence-electron chi connectivity index (χ3n) is 18.8. The van der Waals surface area contributed by atoms with Crippen LogP contribution >= 0.6 is 23.2 Å². The van der Waals surface area contributed by atoms with Crippen molar-refractivity contribution in [3.8, 4) is 28.1 Å². The van der Waals surface area contributed by atoms with Gasteiger partial charge in [-0.15, -0.1) is 0 Å². The molecule has 4 aliphatic heterocycles. The summed E-state index contributed by atoms with van der Waals surface area (Å²) in [6, 6.07) is 9.06. The summed E-state index contributed by atoms with van der Waals surface area (Å²) in [5.74, 6) is 1.65. The quantitative estimate of drug-likeness (QED) is 0.0534. The van der Waals surface area contributed by atoms with E-state index < -0.39 is 46.0 Å². The lowest BCUT2D eigenvalue weighted by molar-refractivity contribution is 0.0486. The number of hydrogen-bond acceptors (Lipinski definition) is 15. The van der Waals surface area contributed by atoms with Crippen LogP contribution < -0.4 is 36.3 Å². The molecule has 2 N–H and O–H groups in total. The molecule has 2 amide bonds. The van der Waals surface area contributed by atoms with E-state index >= 15 is 0 Å². The Bertz CT molecular complexity index is 4440. The molecule has 2 aromatic carbocycles. The van der Waals surface area contributed by atoms with E-state index in [0.717, 1.165) is 44.2 Å². The number of nitrogens with zero attached hydrogens (tertiary/aromatic N) is 12. The number of rotatable bonds is 20. The Morgan fingerprint density at radius 1 is 0.619 bits per heavy atom. The first-order valence-electron chi connectivity index (χ1n) is 33.7. The molecular weight excluding hydrogens is 1320 g/mol. The molecule has 23 nitrogen and oxygen atoms in total. The molecule has 0 spiro atoms. The van der Waals surface area contributed by atoms with Gasteiger partial charge in [0.2, 0.25) is 17.8 Å². The highest BCUT2D eigenvalue weighted by molar-refractivity contribution is 6.76. The van der Waals surface area contributed by atoms with E-state index in [0.29, 0.717) is 110 Å². The van der Waals surface area contributed by atoms with Crippen LogP contribution in [-0.2, 0) is 59.6 Å². The van der Waals surface area contributed by atoms with Crippen molar-refractivity contribution in [3.63, 3.8) is 0 Å². The van der Waals surface area contributed by atoms with Gasteiger partial charge >= 0.3 is 12.2 Å². The number of hydrogen-bond donors (Lipinski definition) is 2. The lowest BCUT2D eigenvalue weighted by Gasteiger charge is -2.28. The minimum atomic E-state index is -2.79. The summed E-state index contributed by atoms with van der Waals surface area (Å²) < 4.78 is 67.7. The van der Waals surface area contributed by atoms with Crippen LogP contribution in [0.25, 0.3) is 66.1 Å². The highest BCUT2D eigenvalue weighted by Gasteiger charge is 2.50. The predicted molar refractivity (Wildman–Crippen MR) is 383 cm³/mol. The number of carbonyl (C=O) groups excluding carboxylic acids is 2. The van der Waals surface area contributed by atoms with Crippen molar-refractivity contribution in [1.29, 1.82) is 0 Å². The van der Waals surface area contributed by atoms with Crippen LogP contribution in [0.5, 0.6) is 5.88 Å². The number of benzene rings is 2. The van der Waals surface area contributed by atoms with Gasteiger partial charge in [0.05, 0.1) is 68.5 Å². The average molecular weight is 1420 g/mol. The molecule has 0 saturated carbocycles. The molecule has 526 valence electrons. The van der Waals surface area contributed by atoms with Gasteiger partial charge in [-0.25, -0.2) is 23.1 Å². The Morgan fingerprint density at radius 3 is 1.42 bits per heavy atom. The fourth-order valence-electron chi connectivity index (χ4n) is 14.3. The predicted octanol–water partition coefficient (Wildman–Crippen LogP) is 13.7. The van der Waals surface area contributed by atoms with Crippen molar-refractivity contribution >= 4 is 107 Å². The average Bonchev–Trinajstić information content (AvgIpc) is 1.58. The number of carbonyl (C=O) groups is 2. The molecule has 6 aromatic heterocycles. The number of amides is 2. The summed E-state index contributed by atoms with van der Waals surface area (Å²) in [7, 11) is 2.39. The zero-order valence-electron chi connectivity index (χ0n) is 59.0. The van der Waals surface area contributed by atoms with Crippen molar-refractivity contribution in [1.82, 2.24) is 58.4 Å². The molecule has 0 radical (unpaired) electrons. The molecule has 29 heteroatoms. The van der Waals surface area contributed by atoms with Gasteiger partial charge in [-0.1, -0.05) is 74.6 Å². The second kappa shape index (κ2) is 27.2. The van der Waals surface area contributed by atoms with Crippen molar-refractivity contribution in [2.24, 2.45) is 14.1 Å². The number of aromatic nitrogens is 10. The minimum Gasteiger partial charge on any atom is -0.481 e. The van der Waals surface area contributed by atoms with Crippen LogP contribution in [0.1, 0.15) is 106 Å². The lowest BCUT2D eigenvalue weighted by Crippen LogP contribution is -2.46. The van der Waals surface area contributed by atoms with Crippen LogP contribution in [0.4, 0.5) is 30.3 Å². The maximum absolute atomic E-state index is 14.4. The zero-order valence-corrected chi connectivity index (χ0v) is 62.5. The van der Waals surface area contributed by atoms with Crippen molar-refractivity contribution in [2.45, 2.75) is 226 Å². The third kappa shape index (κ3) is 14.3. The molecule has 4 aliphatic rings. The maximum Gasteiger partial charge on any atom is 0.407 e. The van der Waals surface area contributed by atoms with Gasteiger partial charge in [-0.2, -0.15) is 20.2 Å². The normalized spacial score (nSPS) is 19.6. The fourth-order valence-corrected chi connectivity index (χ4v) is 16.5. The number of anilines is 2. The zero-order chi connectivity index (χ0) is 70.3. The fraction of sp³-hybridized carbons (Fsp3) is 0.588. The van der Waals surface area contributed by atoms with E-state index in [2.05, 4.69) is 69.9 Å². The van der Waals surface area contributed by atoms with E-state index in [1.54, 1.807) is 60.3 Å². The standard InChI is InChI=1S/C34H46ClF2N7O4Si.C34H48ClN7O5Si/c1-9-43-28(29(36)37)26-22(40-43)12-11-20(27(26)35)21-17-42(18-47-14-15-49(6,7)8)30-25(21)31(45)41(5)32(39-30)44-19-10-13-24(44)23(16-19)38-33(46)48-34(2,3)4;1-10-41-31(45-6)27-23(38-41)13-12-21(28(27)35)22-18-40(19-46-15-16-48(7,8)9)29-26(22)30(43)39(5)32(37-29)42-20-11-14-25(42)24(17-20)36-33(44)47-34(2,3)4/h11-12,17,19,23-24,29H,9-10,13-16,18H2,1-8H3,(H,38,46);12-13,18,20,24-25H,10-11,14-17,19H2,1-9H3,(H,36,44)/t19-,23+,24+;20-,24+,25+/m00/s1. The van der Waals surface area contributed by atoms with Gasteiger partial charge in [0, 0.05) is 109 Å². The van der Waals surface area contributed by atoms with Crippen LogP contribution in [0.2, 0.25) is 61.4 Å². The molecule has 8 aromatic rings. The number of nitrogens with one attached hydrogen (secondary N) is 2. The van der Waals surface area contributed by atoms with Gasteiger partial charge < -0.3 is 53.3 Å². The van der Waals surface area contributed by atoms with Crippen LogP contribution in [0, 0.1) is 0 Å². The molecule has 0 unspecified atom stereocenters. The number of halogens is 4. The van der Waals surface area contributed by atoms with Crippen molar-refractivity contribution in [3.05, 3.63) is 73.1 Å². The summed E-state index contributed by atoms with van der Waals surface area (Å²) >= 11 is 14.1. The first kappa shape index (κ1) is 71.2. The molecule has 4 saturated heterocycles. The summed E-state index contributed by atoms with van der Waals surface area (Å²) in [4.78, 5) is 68.9. The molecular formula is C68H94Cl2F2N14O9Si2. The van der Waals surface area contributed by atoms with Gasteiger partial charge in [-0.05, 0) is 118 Å². The minimum absolute atomic E-state index is 0.00614. The first-order valence-corrected chi connectivity index (χ1v) is 41.9. The SMILES string of the molecule is CCn1nc2ccc(-c3cn(COCC[Si](C)(C)C)c4nc(N5[C@H]6CC[C@@H]5[C@H](NC(=O)OC(C)(C)C)C6)n(C)c(=O)c34)c(Cl)c2c1C(F)F.CCn1nc2ccc(-c3cn(COCC[Si](C)(C)C)c4nc(N5[C@H]6CC[C@@H]5[C@H](NC(=O)OC(C)(C)C)C6)n(C)c(=O)c34)c(Cl)c2c1OC. The smallest absolute Gasteiger partial charge is 0.407 e. The molecule has 4 bridgehead atoms. The molecule has 4 fully saturated rings. The summed E-state index contributed by atoms with van der Waals surface area (Å²) in [6.07, 6.45) is 5.06. The summed E-state index contributed by atoms with van der Waals surface area (Å²) in [6.45, 7) is 31.0. The number of alkyl halides is 2. The monoisotopic (exact) mass is 1410 g/mol.